The summed E-state index contributed by atoms with van der Waals surface area (Å²) in [7, 11) is 3.56. The fourth-order valence-electron chi connectivity index (χ4n) is 1.63. The first-order valence-electron chi connectivity index (χ1n) is 5.65. The Bertz CT molecular complexity index is 460. The second-order valence-corrected chi connectivity index (χ2v) is 3.83. The smallest absolute Gasteiger partial charge is 0.381 e. The molecular formula is C14H17NO3. The van der Waals surface area contributed by atoms with E-state index >= 15 is 0 Å². The minimum atomic E-state index is -1.10. The van der Waals surface area contributed by atoms with Crippen molar-refractivity contribution in [1.29, 1.82) is 0 Å². The number of hydrogen-bond donors (Lipinski definition) is 1. The molecule has 0 spiro atoms. The minimum absolute atomic E-state index is 0.385. The van der Waals surface area contributed by atoms with E-state index in [9.17, 15) is 4.79 Å². The van der Waals surface area contributed by atoms with Crippen LogP contribution in [0.3, 0.4) is 0 Å². The Hall–Kier alpha value is -1.99. The molecule has 0 aliphatic heterocycles. The lowest BCUT2D eigenvalue weighted by molar-refractivity contribution is -0.130. The van der Waals surface area contributed by atoms with E-state index in [0.29, 0.717) is 13.2 Å². The maximum Gasteiger partial charge on any atom is 0.381 e. The summed E-state index contributed by atoms with van der Waals surface area (Å²) in [6, 6.07) is 7.96. The highest BCUT2D eigenvalue weighted by Crippen LogP contribution is 2.19. The summed E-state index contributed by atoms with van der Waals surface area (Å²) in [6.45, 7) is 1.04. The number of aliphatic carboxylic acids is 1. The number of carboxylic acid groups (broad SMARTS) is 1. The fourth-order valence-corrected chi connectivity index (χ4v) is 1.63. The summed E-state index contributed by atoms with van der Waals surface area (Å²) in [5.41, 5.74) is 2.22. The van der Waals surface area contributed by atoms with Gasteiger partial charge in [-0.15, -0.1) is 0 Å². The highest BCUT2D eigenvalue weighted by atomic mass is 16.5. The molecule has 4 nitrogen and oxygen atoms in total. The van der Waals surface area contributed by atoms with Gasteiger partial charge in [0.1, 0.15) is 0 Å². The Morgan fingerprint density at radius 2 is 2.17 bits per heavy atom. The van der Waals surface area contributed by atoms with Crippen LogP contribution in [-0.4, -0.2) is 38.4 Å². The summed E-state index contributed by atoms with van der Waals surface area (Å²) < 4.78 is 5.07. The van der Waals surface area contributed by atoms with Crippen molar-refractivity contribution in [3.63, 3.8) is 0 Å². The number of ether oxygens (including phenoxy) is 1. The lowest BCUT2D eigenvalue weighted by Gasteiger charge is -2.19. The number of methoxy groups -OCH3 is 1. The number of para-hydroxylation sites is 1. The van der Waals surface area contributed by atoms with E-state index < -0.39 is 5.97 Å². The standard InChI is InChI=1S/C14H17NO3/c1-15(10-5-8-14(16)17)13-7-4-3-6-12(13)9-11-18-2/h3-4,6-7H,9-11H2,1-2H3,(H,16,17). The lowest BCUT2D eigenvalue weighted by atomic mass is 10.1. The normalized spacial score (nSPS) is 9.44. The third kappa shape index (κ3) is 4.48. The Labute approximate surface area is 107 Å². The Kier molecular flexibility index (Phi) is 5.75. The van der Waals surface area contributed by atoms with E-state index in [-0.39, 0.29) is 0 Å². The van der Waals surface area contributed by atoms with Crippen molar-refractivity contribution < 1.29 is 14.6 Å². The summed E-state index contributed by atoms with van der Waals surface area (Å²) in [6.07, 6.45) is 0.823. The fraction of sp³-hybridized carbons (Fsp3) is 0.357. The van der Waals surface area contributed by atoms with Crippen molar-refractivity contribution >= 4 is 11.7 Å². The molecule has 0 atom stereocenters. The van der Waals surface area contributed by atoms with Crippen molar-refractivity contribution in [1.82, 2.24) is 0 Å². The number of carboxylic acids is 1. The van der Waals surface area contributed by atoms with Gasteiger partial charge in [-0.25, -0.2) is 4.79 Å². The molecule has 1 aromatic carbocycles. The predicted octanol–water partition coefficient (Wildman–Crippen LogP) is 1.40. The molecule has 96 valence electrons. The average molecular weight is 247 g/mol. The first-order chi connectivity index (χ1) is 8.65. The molecular weight excluding hydrogens is 230 g/mol. The van der Waals surface area contributed by atoms with Gasteiger partial charge < -0.3 is 14.7 Å². The predicted molar refractivity (Wildman–Crippen MR) is 70.7 cm³/mol. The third-order valence-electron chi connectivity index (χ3n) is 2.49. The first-order valence-corrected chi connectivity index (χ1v) is 5.65. The van der Waals surface area contributed by atoms with Crippen LogP contribution in [0.25, 0.3) is 0 Å². The van der Waals surface area contributed by atoms with Crippen LogP contribution < -0.4 is 4.90 Å². The molecule has 0 aliphatic carbocycles. The van der Waals surface area contributed by atoms with Gasteiger partial charge in [0.25, 0.3) is 0 Å². The second-order valence-electron chi connectivity index (χ2n) is 3.83. The van der Waals surface area contributed by atoms with Crippen molar-refractivity contribution in [3.8, 4) is 11.8 Å². The van der Waals surface area contributed by atoms with Crippen LogP contribution in [0, 0.1) is 11.8 Å². The van der Waals surface area contributed by atoms with Crippen molar-refractivity contribution in [2.45, 2.75) is 6.42 Å². The van der Waals surface area contributed by atoms with Gasteiger partial charge in [0.15, 0.2) is 0 Å². The minimum Gasteiger partial charge on any atom is -0.472 e. The zero-order valence-electron chi connectivity index (χ0n) is 10.6. The van der Waals surface area contributed by atoms with Crippen LogP contribution in [0.5, 0.6) is 0 Å². The molecule has 1 aromatic rings. The van der Waals surface area contributed by atoms with Crippen molar-refractivity contribution in [3.05, 3.63) is 29.8 Å². The van der Waals surface area contributed by atoms with Crippen molar-refractivity contribution in [2.75, 3.05) is 32.2 Å². The highest BCUT2D eigenvalue weighted by Gasteiger charge is 2.05. The molecule has 0 fully saturated rings. The molecule has 0 radical (unpaired) electrons. The number of hydrogen-bond acceptors (Lipinski definition) is 3. The molecule has 1 N–H and O–H groups in total. The molecule has 1 rings (SSSR count). The van der Waals surface area contributed by atoms with Crippen LogP contribution in [0.2, 0.25) is 0 Å². The van der Waals surface area contributed by atoms with Gasteiger partial charge in [-0.1, -0.05) is 24.1 Å². The maximum atomic E-state index is 10.3. The monoisotopic (exact) mass is 247 g/mol. The van der Waals surface area contributed by atoms with Crippen LogP contribution >= 0.6 is 0 Å². The Balaban J connectivity index is 2.75. The summed E-state index contributed by atoms with van der Waals surface area (Å²) >= 11 is 0. The van der Waals surface area contributed by atoms with Gasteiger partial charge in [-0.3, -0.25) is 0 Å². The molecule has 4 heteroatoms. The van der Waals surface area contributed by atoms with Crippen LogP contribution in [0.4, 0.5) is 5.69 Å². The largest absolute Gasteiger partial charge is 0.472 e. The van der Waals surface area contributed by atoms with Crippen LogP contribution in [0.15, 0.2) is 24.3 Å². The molecule has 18 heavy (non-hydrogen) atoms. The Morgan fingerprint density at radius 3 is 2.83 bits per heavy atom. The molecule has 0 heterocycles. The van der Waals surface area contributed by atoms with Gasteiger partial charge >= 0.3 is 5.97 Å². The average Bonchev–Trinajstić information content (AvgIpc) is 2.36. The van der Waals surface area contributed by atoms with Gasteiger partial charge in [-0.2, -0.15) is 0 Å². The molecule has 0 aliphatic rings. The van der Waals surface area contributed by atoms with Gasteiger partial charge in [0.05, 0.1) is 13.2 Å². The number of carbonyl (C=O) groups is 1. The topological polar surface area (TPSA) is 49.8 Å². The van der Waals surface area contributed by atoms with E-state index in [1.165, 1.54) is 5.56 Å². The third-order valence-corrected chi connectivity index (χ3v) is 2.49. The molecule has 0 saturated heterocycles. The van der Waals surface area contributed by atoms with Gasteiger partial charge in [0.2, 0.25) is 0 Å². The number of rotatable bonds is 5. The number of benzene rings is 1. The number of anilines is 1. The van der Waals surface area contributed by atoms with E-state index in [4.69, 9.17) is 9.84 Å². The van der Waals surface area contributed by atoms with Gasteiger partial charge in [0, 0.05) is 25.8 Å². The van der Waals surface area contributed by atoms with Crippen LogP contribution in [0.1, 0.15) is 5.56 Å². The summed E-state index contributed by atoms with van der Waals surface area (Å²) in [5.74, 6) is 3.62. The van der Waals surface area contributed by atoms with E-state index in [1.807, 2.05) is 36.2 Å². The second kappa shape index (κ2) is 7.36. The molecule has 0 saturated carbocycles. The van der Waals surface area contributed by atoms with Gasteiger partial charge in [-0.05, 0) is 18.1 Å². The molecule has 0 bridgehead atoms. The SMILES string of the molecule is COCCc1ccccc1N(C)CC#CC(=O)O. The zero-order valence-corrected chi connectivity index (χ0v) is 10.6. The zero-order chi connectivity index (χ0) is 13.4. The maximum absolute atomic E-state index is 10.3. The quantitative estimate of drug-likeness (QED) is 0.799. The summed E-state index contributed by atoms with van der Waals surface area (Å²) in [5, 5.41) is 8.46. The van der Waals surface area contributed by atoms with Crippen molar-refractivity contribution in [2.24, 2.45) is 0 Å². The molecule has 0 aromatic heterocycles. The number of nitrogens with zero attached hydrogens (tertiary/aromatic N) is 1. The van der Waals surface area contributed by atoms with E-state index in [2.05, 4.69) is 11.8 Å². The molecule has 0 unspecified atom stereocenters. The van der Waals surface area contributed by atoms with Crippen LogP contribution in [-0.2, 0) is 16.0 Å². The molecule has 0 amide bonds. The Morgan fingerprint density at radius 1 is 1.44 bits per heavy atom. The van der Waals surface area contributed by atoms with E-state index in [1.54, 1.807) is 7.11 Å². The first kappa shape index (κ1) is 14.1. The summed E-state index contributed by atoms with van der Waals surface area (Å²) in [4.78, 5) is 12.2. The van der Waals surface area contributed by atoms with E-state index in [0.717, 1.165) is 12.1 Å². The lowest BCUT2D eigenvalue weighted by Crippen LogP contribution is -2.19. The highest BCUT2D eigenvalue weighted by molar-refractivity contribution is 5.86.